The Morgan fingerprint density at radius 3 is 1.95 bits per heavy atom. The van der Waals surface area contributed by atoms with Gasteiger partial charge in [0.05, 0.1) is 4.90 Å². The van der Waals surface area contributed by atoms with Gasteiger partial charge in [0.1, 0.15) is 0 Å². The van der Waals surface area contributed by atoms with Crippen molar-refractivity contribution in [2.45, 2.75) is 11.4 Å². The van der Waals surface area contributed by atoms with Crippen LogP contribution in [-0.2, 0) is 16.6 Å². The second kappa shape index (κ2) is 5.99. The van der Waals surface area contributed by atoms with E-state index >= 15 is 0 Å². The highest BCUT2D eigenvalue weighted by Gasteiger charge is 2.22. The molecule has 0 saturated heterocycles. The highest BCUT2D eigenvalue weighted by Crippen LogP contribution is 2.17. The van der Waals surface area contributed by atoms with E-state index in [1.165, 1.54) is 4.31 Å². The third-order valence-electron chi connectivity index (χ3n) is 2.83. The minimum Gasteiger partial charge on any atom is -0.207 e. The summed E-state index contributed by atoms with van der Waals surface area (Å²) in [7, 11) is -3.48. The number of rotatable bonds is 5. The maximum absolute atomic E-state index is 12.5. The van der Waals surface area contributed by atoms with Crippen LogP contribution in [0.4, 0.5) is 0 Å². The third kappa shape index (κ3) is 3.22. The highest BCUT2D eigenvalue weighted by atomic mass is 32.2. The van der Waals surface area contributed by atoms with Crippen molar-refractivity contribution in [3.8, 4) is 0 Å². The molecule has 0 saturated carbocycles. The van der Waals surface area contributed by atoms with Crippen molar-refractivity contribution in [1.82, 2.24) is 4.31 Å². The van der Waals surface area contributed by atoms with E-state index in [9.17, 15) is 8.42 Å². The number of benzene rings is 2. The lowest BCUT2D eigenvalue weighted by Crippen LogP contribution is -2.30. The SMILES string of the molecule is [CH2]CN(Cc1ccccc1)S(=O)(=O)c1ccccc1. The molecule has 0 aliphatic heterocycles. The summed E-state index contributed by atoms with van der Waals surface area (Å²) in [5.41, 5.74) is 0.950. The minimum absolute atomic E-state index is 0.201. The van der Waals surface area contributed by atoms with Crippen LogP contribution >= 0.6 is 0 Å². The van der Waals surface area contributed by atoms with Crippen LogP contribution < -0.4 is 0 Å². The molecule has 0 aliphatic rings. The first-order chi connectivity index (χ1) is 9.14. The summed E-state index contributed by atoms with van der Waals surface area (Å²) >= 11 is 0. The van der Waals surface area contributed by atoms with Crippen molar-refractivity contribution in [1.29, 1.82) is 0 Å². The van der Waals surface area contributed by atoms with E-state index in [1.54, 1.807) is 30.3 Å². The van der Waals surface area contributed by atoms with Gasteiger partial charge < -0.3 is 0 Å². The topological polar surface area (TPSA) is 37.4 Å². The Balaban J connectivity index is 2.27. The van der Waals surface area contributed by atoms with Crippen molar-refractivity contribution in [2.75, 3.05) is 6.54 Å². The molecule has 2 rings (SSSR count). The smallest absolute Gasteiger partial charge is 0.207 e. The fourth-order valence-corrected chi connectivity index (χ4v) is 3.17. The third-order valence-corrected chi connectivity index (χ3v) is 4.69. The summed E-state index contributed by atoms with van der Waals surface area (Å²) in [4.78, 5) is 0.301. The zero-order valence-electron chi connectivity index (χ0n) is 10.6. The predicted molar refractivity (Wildman–Crippen MR) is 75.8 cm³/mol. The van der Waals surface area contributed by atoms with Gasteiger partial charge >= 0.3 is 0 Å². The Bertz CT molecular complexity index is 609. The molecular weight excluding hydrogens is 258 g/mol. The highest BCUT2D eigenvalue weighted by molar-refractivity contribution is 7.89. The average Bonchev–Trinajstić information content (AvgIpc) is 2.46. The van der Waals surface area contributed by atoms with Gasteiger partial charge in [0.25, 0.3) is 0 Å². The van der Waals surface area contributed by atoms with E-state index < -0.39 is 10.0 Å². The predicted octanol–water partition coefficient (Wildman–Crippen LogP) is 2.71. The van der Waals surface area contributed by atoms with E-state index in [0.29, 0.717) is 11.4 Å². The first-order valence-corrected chi connectivity index (χ1v) is 7.47. The average molecular weight is 274 g/mol. The maximum Gasteiger partial charge on any atom is 0.243 e. The molecule has 0 atom stereocenters. The van der Waals surface area contributed by atoms with Crippen LogP contribution in [-0.4, -0.2) is 19.3 Å². The zero-order valence-corrected chi connectivity index (χ0v) is 11.4. The molecule has 0 aliphatic carbocycles. The fourth-order valence-electron chi connectivity index (χ4n) is 1.81. The van der Waals surface area contributed by atoms with Gasteiger partial charge in [-0.05, 0) is 24.6 Å². The molecule has 0 spiro atoms. The maximum atomic E-state index is 12.5. The second-order valence-electron chi connectivity index (χ2n) is 4.14. The Morgan fingerprint density at radius 1 is 0.895 bits per heavy atom. The van der Waals surface area contributed by atoms with Gasteiger partial charge in [-0.2, -0.15) is 4.31 Å². The van der Waals surface area contributed by atoms with Gasteiger partial charge in [-0.15, -0.1) is 0 Å². The summed E-state index contributed by atoms with van der Waals surface area (Å²) in [6.07, 6.45) is 0. The fraction of sp³-hybridized carbons (Fsp3) is 0.133. The lowest BCUT2D eigenvalue weighted by Gasteiger charge is -2.20. The van der Waals surface area contributed by atoms with Crippen LogP contribution in [0.3, 0.4) is 0 Å². The van der Waals surface area contributed by atoms with Gasteiger partial charge in [-0.25, -0.2) is 8.42 Å². The molecule has 4 heteroatoms. The number of hydrogen-bond acceptors (Lipinski definition) is 2. The monoisotopic (exact) mass is 274 g/mol. The van der Waals surface area contributed by atoms with Crippen LogP contribution in [0.2, 0.25) is 0 Å². The quantitative estimate of drug-likeness (QED) is 0.840. The summed E-state index contributed by atoms with van der Waals surface area (Å²) in [5, 5.41) is 0. The van der Waals surface area contributed by atoms with Crippen molar-refractivity contribution >= 4 is 10.0 Å². The summed E-state index contributed by atoms with van der Waals surface area (Å²) in [6.45, 7) is 4.26. The normalized spacial score (nSPS) is 11.7. The Kier molecular flexibility index (Phi) is 4.35. The van der Waals surface area contributed by atoms with E-state index in [4.69, 9.17) is 0 Å². The molecule has 19 heavy (non-hydrogen) atoms. The van der Waals surface area contributed by atoms with Crippen molar-refractivity contribution in [2.24, 2.45) is 0 Å². The molecule has 0 N–H and O–H groups in total. The molecular formula is C15H16NO2S. The number of nitrogens with zero attached hydrogens (tertiary/aromatic N) is 1. The molecule has 0 aromatic heterocycles. The molecule has 0 unspecified atom stereocenters. The van der Waals surface area contributed by atoms with Crippen molar-refractivity contribution in [3.63, 3.8) is 0 Å². The van der Waals surface area contributed by atoms with Crippen LogP contribution in [0, 0.1) is 6.92 Å². The minimum atomic E-state index is -3.48. The van der Waals surface area contributed by atoms with Gasteiger partial charge in [-0.1, -0.05) is 48.5 Å². The first-order valence-electron chi connectivity index (χ1n) is 6.03. The van der Waals surface area contributed by atoms with Crippen molar-refractivity contribution < 1.29 is 8.42 Å². The van der Waals surface area contributed by atoms with Crippen LogP contribution in [0.15, 0.2) is 65.6 Å². The molecule has 2 aromatic carbocycles. The molecule has 2 aromatic rings. The number of sulfonamides is 1. The van der Waals surface area contributed by atoms with Crippen LogP contribution in [0.25, 0.3) is 0 Å². The molecule has 0 fully saturated rings. The Hall–Kier alpha value is -1.65. The molecule has 0 heterocycles. The van der Waals surface area contributed by atoms with Gasteiger partial charge in [-0.3, -0.25) is 0 Å². The molecule has 1 radical (unpaired) electrons. The van der Waals surface area contributed by atoms with E-state index in [1.807, 2.05) is 30.3 Å². The molecule has 0 amide bonds. The Labute approximate surface area is 114 Å². The summed E-state index contributed by atoms with van der Waals surface area (Å²) in [6, 6.07) is 17.9. The summed E-state index contributed by atoms with van der Waals surface area (Å²) < 4.78 is 26.3. The summed E-state index contributed by atoms with van der Waals surface area (Å²) in [5.74, 6) is 0. The van der Waals surface area contributed by atoms with Gasteiger partial charge in [0.2, 0.25) is 10.0 Å². The first kappa shape index (κ1) is 13.8. The van der Waals surface area contributed by atoms with Crippen LogP contribution in [0.5, 0.6) is 0 Å². The van der Waals surface area contributed by atoms with E-state index in [2.05, 4.69) is 6.92 Å². The van der Waals surface area contributed by atoms with Crippen molar-refractivity contribution in [3.05, 3.63) is 73.2 Å². The van der Waals surface area contributed by atoms with E-state index in [-0.39, 0.29) is 6.54 Å². The standard InChI is InChI=1S/C15H16NO2S/c1-2-16(13-14-9-5-3-6-10-14)19(17,18)15-11-7-4-8-12-15/h3-12H,1-2,13H2. The lowest BCUT2D eigenvalue weighted by molar-refractivity contribution is 0.437. The molecule has 3 nitrogen and oxygen atoms in total. The Morgan fingerprint density at radius 2 is 1.42 bits per heavy atom. The lowest BCUT2D eigenvalue weighted by atomic mass is 10.2. The largest absolute Gasteiger partial charge is 0.243 e. The van der Waals surface area contributed by atoms with Crippen LogP contribution in [0.1, 0.15) is 5.56 Å². The zero-order chi connectivity index (χ0) is 13.7. The van der Waals surface area contributed by atoms with Gasteiger partial charge in [0.15, 0.2) is 0 Å². The van der Waals surface area contributed by atoms with E-state index in [0.717, 1.165) is 5.56 Å². The number of hydrogen-bond donors (Lipinski definition) is 0. The molecule has 99 valence electrons. The van der Waals surface area contributed by atoms with Gasteiger partial charge in [0, 0.05) is 13.1 Å². The second-order valence-corrected chi connectivity index (χ2v) is 6.08. The molecule has 0 bridgehead atoms.